The van der Waals surface area contributed by atoms with Gasteiger partial charge >= 0.3 is 6.09 Å². The van der Waals surface area contributed by atoms with E-state index in [-0.39, 0.29) is 23.5 Å². The van der Waals surface area contributed by atoms with E-state index in [1.54, 1.807) is 41.6 Å². The summed E-state index contributed by atoms with van der Waals surface area (Å²) >= 11 is 0. The average molecular weight is 420 g/mol. The summed E-state index contributed by atoms with van der Waals surface area (Å²) in [7, 11) is -3.73. The number of amides is 1. The van der Waals surface area contributed by atoms with Crippen molar-refractivity contribution >= 4 is 26.9 Å². The van der Waals surface area contributed by atoms with Crippen LogP contribution in [0, 0.1) is 0 Å². The predicted octanol–water partition coefficient (Wildman–Crippen LogP) is 3.64. The van der Waals surface area contributed by atoms with Gasteiger partial charge in [0.1, 0.15) is 5.60 Å². The molecule has 29 heavy (non-hydrogen) atoms. The van der Waals surface area contributed by atoms with E-state index in [1.807, 2.05) is 34.6 Å². The largest absolute Gasteiger partial charge is 0.444 e. The molecule has 1 amide bonds. The number of nitrogens with zero attached hydrogens (tertiary/aromatic N) is 3. The number of rotatable bonds is 2. The lowest BCUT2D eigenvalue weighted by Crippen LogP contribution is -2.47. The first kappa shape index (κ1) is 21.5. The van der Waals surface area contributed by atoms with Gasteiger partial charge in [0, 0.05) is 43.0 Å². The summed E-state index contributed by atoms with van der Waals surface area (Å²) in [6.07, 6.45) is 3.49. The van der Waals surface area contributed by atoms with Crippen molar-refractivity contribution in [3.8, 4) is 0 Å². The standard InChI is InChI=1S/C21H29N3O4S/c1-15-9-11-23(20(25)28-21(3,4)5)14-16(2)24(15)29(26,27)19-7-6-18-13-22-10-8-17(18)12-19/h6-8,10,12-13,15-16H,9,11,14H2,1-5H3. The normalized spacial score (nSPS) is 21.8. The predicted molar refractivity (Wildman–Crippen MR) is 112 cm³/mol. The molecule has 0 saturated carbocycles. The Balaban J connectivity index is 1.89. The third-order valence-corrected chi connectivity index (χ3v) is 7.13. The summed E-state index contributed by atoms with van der Waals surface area (Å²) < 4.78 is 34.0. The van der Waals surface area contributed by atoms with Crippen molar-refractivity contribution in [3.05, 3.63) is 36.7 Å². The second kappa shape index (κ2) is 7.91. The van der Waals surface area contributed by atoms with Crippen LogP contribution in [0.15, 0.2) is 41.6 Å². The van der Waals surface area contributed by atoms with Crippen molar-refractivity contribution in [2.45, 2.75) is 63.6 Å². The zero-order valence-corrected chi connectivity index (χ0v) is 18.4. The fourth-order valence-electron chi connectivity index (χ4n) is 3.70. The molecule has 0 N–H and O–H groups in total. The van der Waals surface area contributed by atoms with Crippen LogP contribution >= 0.6 is 0 Å². The van der Waals surface area contributed by atoms with E-state index < -0.39 is 21.7 Å². The number of ether oxygens (including phenoxy) is 1. The molecule has 2 atom stereocenters. The highest BCUT2D eigenvalue weighted by Gasteiger charge is 2.38. The zero-order valence-electron chi connectivity index (χ0n) is 17.6. The van der Waals surface area contributed by atoms with Crippen LogP contribution in [0.25, 0.3) is 10.8 Å². The van der Waals surface area contributed by atoms with Crippen LogP contribution in [0.3, 0.4) is 0 Å². The molecule has 0 spiro atoms. The minimum absolute atomic E-state index is 0.240. The van der Waals surface area contributed by atoms with E-state index in [9.17, 15) is 13.2 Å². The Labute approximate surface area is 172 Å². The van der Waals surface area contributed by atoms with Crippen molar-refractivity contribution in [2.75, 3.05) is 13.1 Å². The molecule has 0 aliphatic carbocycles. The van der Waals surface area contributed by atoms with Crippen molar-refractivity contribution < 1.29 is 17.9 Å². The second-order valence-corrected chi connectivity index (χ2v) is 10.5. The average Bonchev–Trinajstić information content (AvgIpc) is 2.78. The van der Waals surface area contributed by atoms with Crippen LogP contribution in [0.5, 0.6) is 0 Å². The lowest BCUT2D eigenvalue weighted by molar-refractivity contribution is 0.0244. The molecule has 158 valence electrons. The Morgan fingerprint density at radius 3 is 2.55 bits per heavy atom. The summed E-state index contributed by atoms with van der Waals surface area (Å²) in [4.78, 5) is 18.4. The van der Waals surface area contributed by atoms with Crippen molar-refractivity contribution in [3.63, 3.8) is 0 Å². The number of fused-ring (bicyclic) bond motifs is 1. The highest BCUT2D eigenvalue weighted by molar-refractivity contribution is 7.89. The van der Waals surface area contributed by atoms with E-state index in [2.05, 4.69) is 4.98 Å². The molecule has 7 nitrogen and oxygen atoms in total. The third kappa shape index (κ3) is 4.70. The lowest BCUT2D eigenvalue weighted by atomic mass is 10.2. The van der Waals surface area contributed by atoms with Crippen LogP contribution in [-0.4, -0.2) is 59.5 Å². The van der Waals surface area contributed by atoms with Gasteiger partial charge in [-0.25, -0.2) is 13.2 Å². The first-order chi connectivity index (χ1) is 13.5. The molecular weight excluding hydrogens is 390 g/mol. The molecule has 2 heterocycles. The molecule has 1 saturated heterocycles. The van der Waals surface area contributed by atoms with Crippen LogP contribution in [0.2, 0.25) is 0 Å². The van der Waals surface area contributed by atoms with Gasteiger partial charge in [0.05, 0.1) is 4.90 Å². The van der Waals surface area contributed by atoms with E-state index in [0.29, 0.717) is 13.0 Å². The number of carbonyl (C=O) groups excluding carboxylic acids is 1. The summed E-state index contributed by atoms with van der Waals surface area (Å²) in [6, 6.07) is 6.26. The molecule has 0 bridgehead atoms. The Kier molecular flexibility index (Phi) is 5.87. The number of carbonyl (C=O) groups is 1. The van der Waals surface area contributed by atoms with Gasteiger partial charge in [0.25, 0.3) is 0 Å². The van der Waals surface area contributed by atoms with Crippen molar-refractivity contribution in [1.82, 2.24) is 14.2 Å². The van der Waals surface area contributed by atoms with E-state index in [1.165, 1.54) is 4.31 Å². The van der Waals surface area contributed by atoms with Gasteiger partial charge in [0.2, 0.25) is 10.0 Å². The number of sulfonamides is 1. The molecule has 1 aliphatic rings. The zero-order chi connectivity index (χ0) is 21.4. The quantitative estimate of drug-likeness (QED) is 0.742. The molecule has 2 unspecified atom stereocenters. The van der Waals surface area contributed by atoms with Gasteiger partial charge in [-0.1, -0.05) is 6.07 Å². The van der Waals surface area contributed by atoms with Gasteiger partial charge in [-0.2, -0.15) is 4.31 Å². The SMILES string of the molecule is CC1CCN(C(=O)OC(C)(C)C)CC(C)N1S(=O)(=O)c1ccc2cnccc2c1. The van der Waals surface area contributed by atoms with Crippen LogP contribution < -0.4 is 0 Å². The summed E-state index contributed by atoms with van der Waals surface area (Å²) in [5.74, 6) is 0. The highest BCUT2D eigenvalue weighted by Crippen LogP contribution is 2.28. The third-order valence-electron chi connectivity index (χ3n) is 5.01. The van der Waals surface area contributed by atoms with E-state index in [0.717, 1.165) is 10.8 Å². The number of aromatic nitrogens is 1. The fourth-order valence-corrected chi connectivity index (χ4v) is 5.58. The maximum atomic E-state index is 13.5. The summed E-state index contributed by atoms with van der Waals surface area (Å²) in [6.45, 7) is 9.92. The second-order valence-electron chi connectivity index (χ2n) is 8.63. The summed E-state index contributed by atoms with van der Waals surface area (Å²) in [5.41, 5.74) is -0.593. The van der Waals surface area contributed by atoms with Crippen LogP contribution in [0.1, 0.15) is 41.0 Å². The monoisotopic (exact) mass is 419 g/mol. The highest BCUT2D eigenvalue weighted by atomic mass is 32.2. The number of benzene rings is 1. The molecule has 1 aliphatic heterocycles. The number of hydrogen-bond donors (Lipinski definition) is 0. The van der Waals surface area contributed by atoms with Gasteiger partial charge in [0.15, 0.2) is 0 Å². The first-order valence-corrected chi connectivity index (χ1v) is 11.3. The Hall–Kier alpha value is -2.19. The van der Waals surface area contributed by atoms with Crippen molar-refractivity contribution in [1.29, 1.82) is 0 Å². The maximum absolute atomic E-state index is 13.5. The molecule has 1 aromatic carbocycles. The number of pyridine rings is 1. The topological polar surface area (TPSA) is 79.8 Å². The van der Waals surface area contributed by atoms with E-state index >= 15 is 0 Å². The van der Waals surface area contributed by atoms with Crippen LogP contribution in [-0.2, 0) is 14.8 Å². The Bertz CT molecular complexity index is 1000. The minimum atomic E-state index is -3.73. The van der Waals surface area contributed by atoms with Gasteiger partial charge < -0.3 is 9.64 Å². The lowest BCUT2D eigenvalue weighted by Gasteiger charge is -2.32. The number of hydrogen-bond acceptors (Lipinski definition) is 5. The smallest absolute Gasteiger partial charge is 0.410 e. The van der Waals surface area contributed by atoms with Crippen LogP contribution in [0.4, 0.5) is 4.79 Å². The molecule has 0 radical (unpaired) electrons. The Morgan fingerprint density at radius 2 is 1.86 bits per heavy atom. The molecular formula is C21H29N3O4S. The minimum Gasteiger partial charge on any atom is -0.444 e. The maximum Gasteiger partial charge on any atom is 0.410 e. The van der Waals surface area contributed by atoms with Gasteiger partial charge in [-0.05, 0) is 64.6 Å². The van der Waals surface area contributed by atoms with Gasteiger partial charge in [-0.3, -0.25) is 4.98 Å². The molecule has 1 aromatic heterocycles. The molecule has 3 rings (SSSR count). The summed E-state index contributed by atoms with van der Waals surface area (Å²) in [5, 5.41) is 1.71. The molecule has 8 heteroatoms. The van der Waals surface area contributed by atoms with Crippen molar-refractivity contribution in [2.24, 2.45) is 0 Å². The Morgan fingerprint density at radius 1 is 1.14 bits per heavy atom. The molecule has 1 fully saturated rings. The first-order valence-electron chi connectivity index (χ1n) is 9.84. The van der Waals surface area contributed by atoms with Gasteiger partial charge in [-0.15, -0.1) is 0 Å². The fraction of sp³-hybridized carbons (Fsp3) is 0.524. The molecule has 2 aromatic rings. The van der Waals surface area contributed by atoms with E-state index in [4.69, 9.17) is 4.74 Å².